The zero-order chi connectivity index (χ0) is 14.6. The van der Waals surface area contributed by atoms with Gasteiger partial charge in [-0.3, -0.25) is 4.79 Å². The third kappa shape index (κ3) is 3.60. The van der Waals surface area contributed by atoms with Gasteiger partial charge in [0.15, 0.2) is 0 Å². The molecule has 0 aromatic carbocycles. The summed E-state index contributed by atoms with van der Waals surface area (Å²) in [6.45, 7) is 10.3. The number of hydrogen-bond acceptors (Lipinski definition) is 3. The number of nitrogens with two attached hydrogens (primary N) is 1. The molecule has 1 aromatic heterocycles. The summed E-state index contributed by atoms with van der Waals surface area (Å²) in [5.74, 6) is 1.66. The maximum Gasteiger partial charge on any atom is 0.243 e. The van der Waals surface area contributed by atoms with Crippen molar-refractivity contribution >= 4 is 5.91 Å². The lowest BCUT2D eigenvalue weighted by Crippen LogP contribution is -2.56. The van der Waals surface area contributed by atoms with Crippen molar-refractivity contribution in [1.29, 1.82) is 0 Å². The third-order valence-corrected chi connectivity index (χ3v) is 3.69. The van der Waals surface area contributed by atoms with Crippen molar-refractivity contribution < 1.29 is 9.21 Å². The van der Waals surface area contributed by atoms with Gasteiger partial charge in [-0.1, -0.05) is 13.8 Å². The molecule has 0 atom stereocenters. The van der Waals surface area contributed by atoms with Crippen molar-refractivity contribution in [3.63, 3.8) is 0 Å². The Morgan fingerprint density at radius 1 is 1.37 bits per heavy atom. The molecule has 1 heterocycles. The molecule has 2 N–H and O–H groups in total. The van der Waals surface area contributed by atoms with E-state index in [1.165, 1.54) is 0 Å². The van der Waals surface area contributed by atoms with E-state index in [0.29, 0.717) is 19.4 Å². The van der Waals surface area contributed by atoms with E-state index in [1.54, 1.807) is 4.90 Å². The zero-order valence-electron chi connectivity index (χ0n) is 12.7. The highest BCUT2D eigenvalue weighted by molar-refractivity contribution is 5.86. The van der Waals surface area contributed by atoms with Crippen LogP contribution in [0, 0.1) is 6.92 Å². The maximum absolute atomic E-state index is 12.6. The average Bonchev–Trinajstić information content (AvgIpc) is 2.79. The number of nitrogens with zero attached hydrogens (tertiary/aromatic N) is 1. The molecule has 4 nitrogen and oxygen atoms in total. The van der Waals surface area contributed by atoms with Gasteiger partial charge in [0, 0.05) is 6.04 Å². The van der Waals surface area contributed by atoms with Crippen LogP contribution >= 0.6 is 0 Å². The summed E-state index contributed by atoms with van der Waals surface area (Å²) in [5, 5.41) is 0. The number of hydrogen-bond donors (Lipinski definition) is 1. The summed E-state index contributed by atoms with van der Waals surface area (Å²) in [7, 11) is 0. The van der Waals surface area contributed by atoms with Crippen molar-refractivity contribution in [2.75, 3.05) is 0 Å². The van der Waals surface area contributed by atoms with E-state index in [9.17, 15) is 4.79 Å². The summed E-state index contributed by atoms with van der Waals surface area (Å²) in [6, 6.07) is 3.92. The molecule has 108 valence electrons. The molecule has 0 aliphatic heterocycles. The normalized spacial score (nSPS) is 11.9. The summed E-state index contributed by atoms with van der Waals surface area (Å²) < 4.78 is 5.56. The van der Waals surface area contributed by atoms with Crippen LogP contribution in [-0.4, -0.2) is 22.4 Å². The Hall–Kier alpha value is -1.29. The van der Waals surface area contributed by atoms with Gasteiger partial charge in [0.25, 0.3) is 0 Å². The Labute approximate surface area is 116 Å². The Bertz CT molecular complexity index is 420. The molecule has 19 heavy (non-hydrogen) atoms. The monoisotopic (exact) mass is 266 g/mol. The summed E-state index contributed by atoms with van der Waals surface area (Å²) in [5.41, 5.74) is 5.44. The van der Waals surface area contributed by atoms with Gasteiger partial charge < -0.3 is 15.1 Å². The second-order valence-corrected chi connectivity index (χ2v) is 5.40. The highest BCUT2D eigenvalue weighted by Gasteiger charge is 2.35. The first-order valence-corrected chi connectivity index (χ1v) is 6.99. The third-order valence-electron chi connectivity index (χ3n) is 3.69. The first-order chi connectivity index (χ1) is 8.84. The van der Waals surface area contributed by atoms with Gasteiger partial charge in [-0.2, -0.15) is 0 Å². The van der Waals surface area contributed by atoms with Crippen LogP contribution in [0.3, 0.4) is 0 Å². The molecule has 1 aromatic rings. The summed E-state index contributed by atoms with van der Waals surface area (Å²) >= 11 is 0. The van der Waals surface area contributed by atoms with E-state index in [1.807, 2.05) is 46.8 Å². The summed E-state index contributed by atoms with van der Waals surface area (Å²) in [6.07, 6.45) is 1.28. The molecule has 0 radical (unpaired) electrons. The lowest BCUT2D eigenvalue weighted by molar-refractivity contribution is -0.140. The van der Waals surface area contributed by atoms with E-state index < -0.39 is 5.54 Å². The molecule has 0 saturated heterocycles. The molecule has 0 spiro atoms. The van der Waals surface area contributed by atoms with Crippen LogP contribution in [0.4, 0.5) is 0 Å². The lowest BCUT2D eigenvalue weighted by Gasteiger charge is -2.35. The zero-order valence-corrected chi connectivity index (χ0v) is 12.7. The molecule has 0 fully saturated rings. The molecular formula is C15H26N2O2. The second kappa shape index (κ2) is 6.24. The van der Waals surface area contributed by atoms with Crippen LogP contribution in [-0.2, 0) is 11.3 Å². The Balaban J connectivity index is 2.92. The van der Waals surface area contributed by atoms with Crippen LogP contribution in [0.1, 0.15) is 52.1 Å². The lowest BCUT2D eigenvalue weighted by atomic mass is 9.92. The van der Waals surface area contributed by atoms with Gasteiger partial charge in [0.2, 0.25) is 5.91 Å². The van der Waals surface area contributed by atoms with Gasteiger partial charge in [0.05, 0.1) is 12.1 Å². The molecule has 0 saturated carbocycles. The van der Waals surface area contributed by atoms with Crippen LogP contribution in [0.5, 0.6) is 0 Å². The van der Waals surface area contributed by atoms with Crippen molar-refractivity contribution in [3.8, 4) is 0 Å². The van der Waals surface area contributed by atoms with E-state index in [4.69, 9.17) is 10.2 Å². The standard InChI is InChI=1S/C15H26N2O2/c1-6-15(16,7-2)14(18)17(11(3)4)10-13-9-8-12(5)19-13/h8-9,11H,6-7,10,16H2,1-5H3. The quantitative estimate of drug-likeness (QED) is 0.861. The van der Waals surface area contributed by atoms with E-state index in [0.717, 1.165) is 11.5 Å². The molecule has 0 aliphatic carbocycles. The molecule has 4 heteroatoms. The molecular weight excluding hydrogens is 240 g/mol. The minimum atomic E-state index is -0.772. The smallest absolute Gasteiger partial charge is 0.243 e. The number of aryl methyl sites for hydroxylation is 1. The van der Waals surface area contributed by atoms with Crippen molar-refractivity contribution in [3.05, 3.63) is 23.7 Å². The van der Waals surface area contributed by atoms with Gasteiger partial charge in [-0.05, 0) is 45.7 Å². The average molecular weight is 266 g/mol. The maximum atomic E-state index is 12.6. The van der Waals surface area contributed by atoms with Gasteiger partial charge in [-0.25, -0.2) is 0 Å². The van der Waals surface area contributed by atoms with Crippen LogP contribution in [0.2, 0.25) is 0 Å². The number of rotatable bonds is 6. The van der Waals surface area contributed by atoms with E-state index in [-0.39, 0.29) is 11.9 Å². The molecule has 1 rings (SSSR count). The Morgan fingerprint density at radius 3 is 2.32 bits per heavy atom. The first kappa shape index (κ1) is 15.8. The van der Waals surface area contributed by atoms with Crippen LogP contribution in [0.15, 0.2) is 16.5 Å². The largest absolute Gasteiger partial charge is 0.464 e. The van der Waals surface area contributed by atoms with E-state index >= 15 is 0 Å². The molecule has 0 unspecified atom stereocenters. The van der Waals surface area contributed by atoms with Crippen molar-refractivity contribution in [1.82, 2.24) is 4.90 Å². The number of carbonyl (C=O) groups excluding carboxylic acids is 1. The summed E-state index contributed by atoms with van der Waals surface area (Å²) in [4.78, 5) is 14.4. The number of carbonyl (C=O) groups is 1. The van der Waals surface area contributed by atoms with Crippen molar-refractivity contribution in [2.45, 2.75) is 65.6 Å². The highest BCUT2D eigenvalue weighted by Crippen LogP contribution is 2.20. The fourth-order valence-corrected chi connectivity index (χ4v) is 2.07. The van der Waals surface area contributed by atoms with Gasteiger partial charge >= 0.3 is 0 Å². The fourth-order valence-electron chi connectivity index (χ4n) is 2.07. The van der Waals surface area contributed by atoms with Crippen LogP contribution in [0.25, 0.3) is 0 Å². The minimum absolute atomic E-state index is 0.00144. The van der Waals surface area contributed by atoms with Gasteiger partial charge in [-0.15, -0.1) is 0 Å². The first-order valence-electron chi connectivity index (χ1n) is 6.99. The SMILES string of the molecule is CCC(N)(CC)C(=O)N(Cc1ccc(C)o1)C(C)C. The number of furan rings is 1. The highest BCUT2D eigenvalue weighted by atomic mass is 16.3. The predicted octanol–water partition coefficient (Wildman–Crippen LogP) is 2.84. The number of amides is 1. The Morgan fingerprint density at radius 2 is 1.95 bits per heavy atom. The molecule has 1 amide bonds. The molecule has 0 bridgehead atoms. The second-order valence-electron chi connectivity index (χ2n) is 5.40. The Kier molecular flexibility index (Phi) is 5.18. The predicted molar refractivity (Wildman–Crippen MR) is 76.6 cm³/mol. The van der Waals surface area contributed by atoms with E-state index in [2.05, 4.69) is 0 Å². The van der Waals surface area contributed by atoms with Gasteiger partial charge in [0.1, 0.15) is 11.5 Å². The topological polar surface area (TPSA) is 59.5 Å². The van der Waals surface area contributed by atoms with Crippen LogP contribution < -0.4 is 5.73 Å². The fraction of sp³-hybridized carbons (Fsp3) is 0.667. The minimum Gasteiger partial charge on any atom is -0.464 e. The molecule has 0 aliphatic rings. The van der Waals surface area contributed by atoms with Crippen molar-refractivity contribution in [2.24, 2.45) is 5.73 Å².